The van der Waals surface area contributed by atoms with E-state index in [1.165, 1.54) is 0 Å². The van der Waals surface area contributed by atoms with Crippen LogP contribution in [0, 0.1) is 6.92 Å². The smallest absolute Gasteiger partial charge is 0.222 e. The van der Waals surface area contributed by atoms with Crippen LogP contribution in [0.5, 0.6) is 0 Å². The summed E-state index contributed by atoms with van der Waals surface area (Å²) < 4.78 is 0. The Kier molecular flexibility index (Phi) is 4.85. The molecule has 1 aromatic rings. The lowest BCUT2D eigenvalue weighted by atomic mass is 9.86. The Bertz CT molecular complexity index is 602. The van der Waals surface area contributed by atoms with Crippen molar-refractivity contribution < 1.29 is 4.79 Å². The number of carbonyl (C=O) groups is 1. The SMILES string of the molecule is C=CCN1CC[C@@]2(CCC1=O)CN(c1ccc(C)nn1)CCN2C. The Morgan fingerprint density at radius 3 is 2.79 bits per heavy atom. The summed E-state index contributed by atoms with van der Waals surface area (Å²) in [6, 6.07) is 4.06. The molecule has 0 bridgehead atoms. The standard InChI is InChI=1S/C18H27N5O/c1-4-10-22-11-9-18(8-7-17(22)24)14-23(13-12-21(18)3)16-6-5-15(2)19-20-16/h4-6H,1,7-14H2,2-3H3/t18-/m0/s1. The second-order valence-corrected chi connectivity index (χ2v) is 6.98. The minimum Gasteiger partial charge on any atom is -0.352 e. The van der Waals surface area contributed by atoms with Crippen LogP contribution in [0.4, 0.5) is 5.82 Å². The lowest BCUT2D eigenvalue weighted by Gasteiger charge is -2.49. The lowest BCUT2D eigenvalue weighted by molar-refractivity contribution is -0.130. The summed E-state index contributed by atoms with van der Waals surface area (Å²) >= 11 is 0. The van der Waals surface area contributed by atoms with Crippen LogP contribution in [0.1, 0.15) is 25.0 Å². The number of likely N-dealkylation sites (tertiary alicyclic amines) is 1. The van der Waals surface area contributed by atoms with Gasteiger partial charge in [0.05, 0.1) is 5.69 Å². The molecule has 2 aliphatic heterocycles. The van der Waals surface area contributed by atoms with Gasteiger partial charge in [-0.1, -0.05) is 6.08 Å². The van der Waals surface area contributed by atoms with E-state index < -0.39 is 0 Å². The number of nitrogens with zero attached hydrogens (tertiary/aromatic N) is 5. The molecule has 0 aliphatic carbocycles. The van der Waals surface area contributed by atoms with E-state index in [0.29, 0.717) is 13.0 Å². The van der Waals surface area contributed by atoms with E-state index in [1.807, 2.05) is 30.0 Å². The molecule has 130 valence electrons. The van der Waals surface area contributed by atoms with Crippen LogP contribution in [0.25, 0.3) is 0 Å². The van der Waals surface area contributed by atoms with E-state index in [1.54, 1.807) is 0 Å². The zero-order valence-corrected chi connectivity index (χ0v) is 14.7. The van der Waals surface area contributed by atoms with Gasteiger partial charge < -0.3 is 9.80 Å². The Labute approximate surface area is 144 Å². The van der Waals surface area contributed by atoms with Crippen molar-refractivity contribution in [1.29, 1.82) is 0 Å². The van der Waals surface area contributed by atoms with Crippen LogP contribution in [-0.4, -0.2) is 71.2 Å². The first-order chi connectivity index (χ1) is 11.5. The molecule has 2 fully saturated rings. The summed E-state index contributed by atoms with van der Waals surface area (Å²) in [7, 11) is 2.19. The fourth-order valence-electron chi connectivity index (χ4n) is 3.80. The maximum absolute atomic E-state index is 12.3. The number of piperazine rings is 1. The Balaban J connectivity index is 1.78. The van der Waals surface area contributed by atoms with Gasteiger partial charge in [0.2, 0.25) is 5.91 Å². The van der Waals surface area contributed by atoms with Crippen LogP contribution in [0.15, 0.2) is 24.8 Å². The number of likely N-dealkylation sites (N-methyl/N-ethyl adjacent to an activating group) is 1. The quantitative estimate of drug-likeness (QED) is 0.786. The molecular formula is C18H27N5O. The van der Waals surface area contributed by atoms with Crippen LogP contribution in [-0.2, 0) is 4.79 Å². The Hall–Kier alpha value is -1.95. The summed E-state index contributed by atoms with van der Waals surface area (Å²) in [5.74, 6) is 1.18. The number of rotatable bonds is 3. The third-order valence-corrected chi connectivity index (χ3v) is 5.46. The van der Waals surface area contributed by atoms with Crippen LogP contribution < -0.4 is 4.90 Å². The van der Waals surface area contributed by atoms with Gasteiger partial charge in [-0.3, -0.25) is 9.69 Å². The molecule has 0 aromatic carbocycles. The highest BCUT2D eigenvalue weighted by molar-refractivity contribution is 5.76. The number of aryl methyl sites for hydroxylation is 1. The zero-order valence-electron chi connectivity index (χ0n) is 14.7. The topological polar surface area (TPSA) is 52.6 Å². The van der Waals surface area contributed by atoms with E-state index in [2.05, 4.69) is 33.6 Å². The third-order valence-electron chi connectivity index (χ3n) is 5.46. The maximum Gasteiger partial charge on any atom is 0.222 e. The lowest BCUT2D eigenvalue weighted by Crippen LogP contribution is -2.61. The van der Waals surface area contributed by atoms with Gasteiger partial charge in [0.1, 0.15) is 0 Å². The number of hydrogen-bond donors (Lipinski definition) is 0. The predicted octanol–water partition coefficient (Wildman–Crippen LogP) is 1.47. The highest BCUT2D eigenvalue weighted by Crippen LogP contribution is 2.33. The molecule has 1 atom stereocenters. The number of hydrogen-bond acceptors (Lipinski definition) is 5. The minimum atomic E-state index is 0.0242. The summed E-state index contributed by atoms with van der Waals surface area (Å²) in [5, 5.41) is 8.55. The molecule has 6 heteroatoms. The minimum absolute atomic E-state index is 0.0242. The zero-order chi connectivity index (χ0) is 17.2. The van der Waals surface area contributed by atoms with Crippen molar-refractivity contribution in [3.63, 3.8) is 0 Å². The molecule has 24 heavy (non-hydrogen) atoms. The molecule has 1 spiro atoms. The molecule has 0 unspecified atom stereocenters. The Morgan fingerprint density at radius 1 is 1.25 bits per heavy atom. The van der Waals surface area contributed by atoms with Crippen LogP contribution >= 0.6 is 0 Å². The molecule has 0 N–H and O–H groups in total. The molecule has 0 saturated carbocycles. The van der Waals surface area contributed by atoms with Gasteiger partial charge in [0.15, 0.2) is 5.82 Å². The van der Waals surface area contributed by atoms with E-state index >= 15 is 0 Å². The van der Waals surface area contributed by atoms with Crippen LogP contribution in [0.3, 0.4) is 0 Å². The number of carbonyl (C=O) groups excluding carboxylic acids is 1. The summed E-state index contributed by atoms with van der Waals surface area (Å²) in [6.07, 6.45) is 4.30. The van der Waals surface area contributed by atoms with Crippen molar-refractivity contribution in [2.24, 2.45) is 0 Å². The molecule has 3 heterocycles. The molecule has 3 rings (SSSR count). The maximum atomic E-state index is 12.3. The van der Waals surface area contributed by atoms with Crippen LogP contribution in [0.2, 0.25) is 0 Å². The molecule has 2 aliphatic rings. The second-order valence-electron chi connectivity index (χ2n) is 6.98. The fourth-order valence-corrected chi connectivity index (χ4v) is 3.80. The van der Waals surface area contributed by atoms with Crippen molar-refractivity contribution in [1.82, 2.24) is 20.0 Å². The van der Waals surface area contributed by atoms with Crippen molar-refractivity contribution in [3.8, 4) is 0 Å². The van der Waals surface area contributed by atoms with Crippen molar-refractivity contribution in [2.45, 2.75) is 31.7 Å². The second kappa shape index (κ2) is 6.89. The highest BCUT2D eigenvalue weighted by atomic mass is 16.2. The summed E-state index contributed by atoms with van der Waals surface area (Å²) in [4.78, 5) is 19.0. The molecule has 0 radical (unpaired) electrons. The average molecular weight is 329 g/mol. The monoisotopic (exact) mass is 329 g/mol. The van der Waals surface area contributed by atoms with Gasteiger partial charge in [0.25, 0.3) is 0 Å². The molecule has 1 amide bonds. The largest absolute Gasteiger partial charge is 0.352 e. The van der Waals surface area contributed by atoms with Crippen molar-refractivity contribution >= 4 is 11.7 Å². The van der Waals surface area contributed by atoms with Gasteiger partial charge in [-0.15, -0.1) is 11.7 Å². The average Bonchev–Trinajstić information content (AvgIpc) is 2.73. The van der Waals surface area contributed by atoms with E-state index in [-0.39, 0.29) is 11.4 Å². The third kappa shape index (κ3) is 3.29. The summed E-state index contributed by atoms with van der Waals surface area (Å²) in [6.45, 7) is 9.98. The van der Waals surface area contributed by atoms with E-state index in [4.69, 9.17) is 0 Å². The van der Waals surface area contributed by atoms with Gasteiger partial charge in [-0.2, -0.15) is 5.10 Å². The molecule has 1 aromatic heterocycles. The first-order valence-corrected chi connectivity index (χ1v) is 8.69. The molecule has 2 saturated heterocycles. The number of anilines is 1. The predicted molar refractivity (Wildman–Crippen MR) is 95.0 cm³/mol. The summed E-state index contributed by atoms with van der Waals surface area (Å²) in [5.41, 5.74) is 0.957. The highest BCUT2D eigenvalue weighted by Gasteiger charge is 2.42. The van der Waals surface area contributed by atoms with Crippen molar-refractivity contribution in [3.05, 3.63) is 30.5 Å². The van der Waals surface area contributed by atoms with Gasteiger partial charge in [0, 0.05) is 44.7 Å². The van der Waals surface area contributed by atoms with Gasteiger partial charge >= 0.3 is 0 Å². The van der Waals surface area contributed by atoms with Crippen molar-refractivity contribution in [2.75, 3.05) is 44.7 Å². The fraction of sp³-hybridized carbons (Fsp3) is 0.611. The first kappa shape index (κ1) is 16.9. The number of aromatic nitrogens is 2. The molecule has 6 nitrogen and oxygen atoms in total. The number of amides is 1. The molecular weight excluding hydrogens is 302 g/mol. The first-order valence-electron chi connectivity index (χ1n) is 8.69. The van der Waals surface area contributed by atoms with E-state index in [9.17, 15) is 4.79 Å². The van der Waals surface area contributed by atoms with E-state index in [0.717, 1.165) is 50.5 Å². The Morgan fingerprint density at radius 2 is 2.08 bits per heavy atom. The van der Waals surface area contributed by atoms with Gasteiger partial charge in [-0.25, -0.2) is 0 Å². The van der Waals surface area contributed by atoms with Gasteiger partial charge in [-0.05, 0) is 38.9 Å². The normalized spacial score (nSPS) is 25.8.